The summed E-state index contributed by atoms with van der Waals surface area (Å²) in [4.78, 5) is 12.9. The standard InChI is InChI=1S/C23H26F3N3O6/c24-23(25,26)13-32-10-14-1-2-18-15(7-14)8-16(11-34-18)27-22(30)17-9-21-29(28-17)4-3-19(35-21)20-12-31-5-6-33-20/h1-2,7,9,16,19-20H,3-6,8,10-13H2,(H,27,30). The monoisotopic (exact) mass is 497 g/mol. The number of rotatable bonds is 6. The molecule has 1 aromatic carbocycles. The molecule has 0 radical (unpaired) electrons. The molecule has 5 rings (SSSR count). The first kappa shape index (κ1) is 23.9. The molecule has 3 aliphatic heterocycles. The first-order valence-electron chi connectivity index (χ1n) is 11.5. The highest BCUT2D eigenvalue weighted by Gasteiger charge is 2.32. The fraction of sp³-hybridized carbons (Fsp3) is 0.565. The van der Waals surface area contributed by atoms with Gasteiger partial charge in [0.1, 0.15) is 31.2 Å². The van der Waals surface area contributed by atoms with Crippen molar-refractivity contribution in [3.63, 3.8) is 0 Å². The Morgan fingerprint density at radius 1 is 1.20 bits per heavy atom. The normalized spacial score (nSPS) is 24.0. The van der Waals surface area contributed by atoms with Gasteiger partial charge in [-0.3, -0.25) is 4.79 Å². The van der Waals surface area contributed by atoms with Crippen molar-refractivity contribution in [2.75, 3.05) is 33.0 Å². The van der Waals surface area contributed by atoms with Crippen LogP contribution in [0.2, 0.25) is 0 Å². The van der Waals surface area contributed by atoms with E-state index in [1.807, 2.05) is 0 Å². The van der Waals surface area contributed by atoms with Crippen LogP contribution < -0.4 is 14.8 Å². The number of carbonyl (C=O) groups excluding carboxylic acids is 1. The van der Waals surface area contributed by atoms with Crippen LogP contribution in [0.5, 0.6) is 11.6 Å². The van der Waals surface area contributed by atoms with Crippen LogP contribution in [0.4, 0.5) is 13.2 Å². The van der Waals surface area contributed by atoms with Gasteiger partial charge in [-0.15, -0.1) is 0 Å². The number of carbonyl (C=O) groups is 1. The van der Waals surface area contributed by atoms with Crippen LogP contribution >= 0.6 is 0 Å². The molecule has 12 heteroatoms. The highest BCUT2D eigenvalue weighted by molar-refractivity contribution is 5.92. The van der Waals surface area contributed by atoms with Gasteiger partial charge in [-0.25, -0.2) is 4.68 Å². The minimum absolute atomic E-state index is 0.145. The Bertz CT molecular complexity index is 1050. The molecular formula is C23H26F3N3O6. The summed E-state index contributed by atoms with van der Waals surface area (Å²) in [5.74, 6) is 0.793. The summed E-state index contributed by atoms with van der Waals surface area (Å²) in [6.45, 7) is 0.995. The number of hydrogen-bond acceptors (Lipinski definition) is 7. The van der Waals surface area contributed by atoms with Gasteiger partial charge in [-0.2, -0.15) is 18.3 Å². The Morgan fingerprint density at radius 2 is 2.09 bits per heavy atom. The van der Waals surface area contributed by atoms with Gasteiger partial charge >= 0.3 is 6.18 Å². The highest BCUT2D eigenvalue weighted by atomic mass is 19.4. The van der Waals surface area contributed by atoms with Gasteiger partial charge < -0.3 is 29.0 Å². The molecule has 1 amide bonds. The molecule has 1 N–H and O–H groups in total. The second kappa shape index (κ2) is 10.0. The predicted octanol–water partition coefficient (Wildman–Crippen LogP) is 2.26. The molecule has 4 heterocycles. The Kier molecular flexibility index (Phi) is 6.85. The van der Waals surface area contributed by atoms with E-state index < -0.39 is 12.8 Å². The van der Waals surface area contributed by atoms with Crippen molar-refractivity contribution < 1.29 is 41.7 Å². The molecule has 35 heavy (non-hydrogen) atoms. The zero-order valence-electron chi connectivity index (χ0n) is 18.9. The lowest BCUT2D eigenvalue weighted by Gasteiger charge is -2.33. The van der Waals surface area contributed by atoms with Gasteiger partial charge in [0.2, 0.25) is 5.88 Å². The highest BCUT2D eigenvalue weighted by Crippen LogP contribution is 2.28. The fourth-order valence-corrected chi connectivity index (χ4v) is 4.39. The van der Waals surface area contributed by atoms with E-state index in [1.165, 1.54) is 0 Å². The summed E-state index contributed by atoms with van der Waals surface area (Å²) in [7, 11) is 0. The number of benzene rings is 1. The third-order valence-electron chi connectivity index (χ3n) is 6.03. The molecule has 0 saturated carbocycles. The number of amides is 1. The third-order valence-corrected chi connectivity index (χ3v) is 6.03. The van der Waals surface area contributed by atoms with Gasteiger partial charge in [0, 0.05) is 19.0 Å². The summed E-state index contributed by atoms with van der Waals surface area (Å²) >= 11 is 0. The number of ether oxygens (including phenoxy) is 5. The number of fused-ring (bicyclic) bond motifs is 2. The summed E-state index contributed by atoms with van der Waals surface area (Å²) < 4.78 is 66.3. The first-order chi connectivity index (χ1) is 16.8. The van der Waals surface area contributed by atoms with Gasteiger partial charge in [0.15, 0.2) is 5.69 Å². The first-order valence-corrected chi connectivity index (χ1v) is 11.5. The van der Waals surface area contributed by atoms with E-state index >= 15 is 0 Å². The minimum Gasteiger partial charge on any atom is -0.491 e. The lowest BCUT2D eigenvalue weighted by molar-refractivity contribution is -0.176. The quantitative estimate of drug-likeness (QED) is 0.655. The van der Waals surface area contributed by atoms with E-state index in [1.54, 1.807) is 28.9 Å². The molecule has 9 nitrogen and oxygen atoms in total. The maximum absolute atomic E-state index is 12.9. The zero-order valence-corrected chi connectivity index (χ0v) is 18.9. The van der Waals surface area contributed by atoms with E-state index in [0.29, 0.717) is 56.4 Å². The molecule has 3 atom stereocenters. The number of nitrogens with zero attached hydrogens (tertiary/aromatic N) is 2. The van der Waals surface area contributed by atoms with E-state index in [4.69, 9.17) is 23.7 Å². The van der Waals surface area contributed by atoms with Crippen LogP contribution in [0.15, 0.2) is 24.3 Å². The molecule has 0 aliphatic carbocycles. The van der Waals surface area contributed by atoms with Crippen LogP contribution in [0, 0.1) is 0 Å². The van der Waals surface area contributed by atoms with Gasteiger partial charge in [0.05, 0.1) is 32.5 Å². The maximum Gasteiger partial charge on any atom is 0.411 e. The molecule has 190 valence electrons. The second-order valence-electron chi connectivity index (χ2n) is 8.76. The lowest BCUT2D eigenvalue weighted by atomic mass is 10.0. The minimum atomic E-state index is -4.37. The number of halogens is 3. The molecule has 0 bridgehead atoms. The molecule has 1 fully saturated rings. The smallest absolute Gasteiger partial charge is 0.411 e. The van der Waals surface area contributed by atoms with E-state index in [0.717, 1.165) is 5.56 Å². The lowest BCUT2D eigenvalue weighted by Crippen LogP contribution is -2.44. The summed E-state index contributed by atoms with van der Waals surface area (Å²) in [6, 6.07) is 6.41. The second-order valence-corrected chi connectivity index (χ2v) is 8.76. The van der Waals surface area contributed by atoms with Crippen molar-refractivity contribution in [1.29, 1.82) is 0 Å². The van der Waals surface area contributed by atoms with E-state index in [-0.39, 0.29) is 43.1 Å². The van der Waals surface area contributed by atoms with E-state index in [9.17, 15) is 18.0 Å². The maximum atomic E-state index is 12.9. The van der Waals surface area contributed by atoms with Gasteiger partial charge in [0.25, 0.3) is 5.91 Å². The Morgan fingerprint density at radius 3 is 2.89 bits per heavy atom. The average molecular weight is 497 g/mol. The van der Waals surface area contributed by atoms with Crippen LogP contribution in [-0.2, 0) is 33.8 Å². The Balaban J connectivity index is 1.17. The third kappa shape index (κ3) is 5.88. The van der Waals surface area contributed by atoms with Crippen molar-refractivity contribution in [1.82, 2.24) is 15.1 Å². The number of aryl methyl sites for hydroxylation is 1. The van der Waals surface area contributed by atoms with Crippen molar-refractivity contribution >= 4 is 5.91 Å². The summed E-state index contributed by atoms with van der Waals surface area (Å²) in [5.41, 5.74) is 1.63. The number of nitrogens with one attached hydrogen (secondary N) is 1. The van der Waals surface area contributed by atoms with Gasteiger partial charge in [-0.05, 0) is 29.7 Å². The van der Waals surface area contributed by atoms with Crippen LogP contribution in [0.3, 0.4) is 0 Å². The summed E-state index contributed by atoms with van der Waals surface area (Å²) in [6.07, 6.45) is -3.50. The zero-order chi connectivity index (χ0) is 24.4. The molecule has 1 aromatic heterocycles. The Labute approximate surface area is 199 Å². The molecule has 0 spiro atoms. The van der Waals surface area contributed by atoms with Crippen molar-refractivity contribution in [2.24, 2.45) is 0 Å². The van der Waals surface area contributed by atoms with Crippen molar-refractivity contribution in [3.8, 4) is 11.6 Å². The SMILES string of the molecule is O=C(NC1COc2ccc(COCC(F)(F)F)cc2C1)c1cc2n(n1)CCC(C1COCCO1)O2. The molecule has 3 aliphatic rings. The van der Waals surface area contributed by atoms with Crippen molar-refractivity contribution in [3.05, 3.63) is 41.1 Å². The molecular weight excluding hydrogens is 471 g/mol. The van der Waals surface area contributed by atoms with E-state index in [2.05, 4.69) is 10.4 Å². The summed E-state index contributed by atoms with van der Waals surface area (Å²) in [5, 5.41) is 7.29. The number of hydrogen-bond donors (Lipinski definition) is 1. The molecule has 3 unspecified atom stereocenters. The average Bonchev–Trinajstić information content (AvgIpc) is 3.27. The van der Waals surface area contributed by atoms with Crippen molar-refractivity contribution in [2.45, 2.75) is 50.4 Å². The van der Waals surface area contributed by atoms with Gasteiger partial charge in [-0.1, -0.05) is 6.07 Å². The number of aromatic nitrogens is 2. The van der Waals surface area contributed by atoms with Crippen LogP contribution in [0.1, 0.15) is 28.0 Å². The number of alkyl halides is 3. The predicted molar refractivity (Wildman–Crippen MR) is 114 cm³/mol. The van der Waals surface area contributed by atoms with Crippen LogP contribution in [0.25, 0.3) is 0 Å². The molecule has 1 saturated heterocycles. The van der Waals surface area contributed by atoms with Crippen LogP contribution in [-0.4, -0.2) is 73.1 Å². The topological polar surface area (TPSA) is 93.1 Å². The molecule has 2 aromatic rings. The Hall–Kier alpha value is -2.83. The largest absolute Gasteiger partial charge is 0.491 e. The fourth-order valence-electron chi connectivity index (χ4n) is 4.39.